The van der Waals surface area contributed by atoms with Gasteiger partial charge in [0.25, 0.3) is 0 Å². The van der Waals surface area contributed by atoms with E-state index in [1.165, 1.54) is 23.5 Å². The quantitative estimate of drug-likeness (QED) is 0.738. The number of nitrogens with zero attached hydrogens (tertiary/aromatic N) is 1. The maximum absolute atomic E-state index is 13.5. The minimum absolute atomic E-state index is 0.0957. The number of nitrogens with one attached hydrogen (secondary N) is 1. The van der Waals surface area contributed by atoms with Gasteiger partial charge in [0.15, 0.2) is 0 Å². The molecule has 0 saturated carbocycles. The van der Waals surface area contributed by atoms with Gasteiger partial charge < -0.3 is 5.32 Å². The minimum Gasteiger partial charge on any atom is -0.323 e. The molecule has 6 heteroatoms. The summed E-state index contributed by atoms with van der Waals surface area (Å²) in [6.07, 6.45) is 0.0957. The topological polar surface area (TPSA) is 42.0 Å². The van der Waals surface area contributed by atoms with Crippen LogP contribution in [0.25, 0.3) is 10.6 Å². The first-order valence-corrected chi connectivity index (χ1v) is 8.12. The molecule has 0 aliphatic carbocycles. The smallest absolute Gasteiger partial charge is 0.230 e. The van der Waals surface area contributed by atoms with E-state index >= 15 is 0 Å². The van der Waals surface area contributed by atoms with Crippen molar-refractivity contribution >= 4 is 34.5 Å². The Morgan fingerprint density at radius 1 is 1.17 bits per heavy atom. The molecule has 0 radical (unpaired) electrons. The number of aromatic nitrogens is 1. The Bertz CT molecular complexity index is 833. The van der Waals surface area contributed by atoms with Crippen LogP contribution in [0, 0.1) is 5.82 Å². The molecule has 23 heavy (non-hydrogen) atoms. The summed E-state index contributed by atoms with van der Waals surface area (Å²) in [6, 6.07) is 13.4. The molecule has 1 aromatic heterocycles. The van der Waals surface area contributed by atoms with Crippen molar-refractivity contribution in [1.82, 2.24) is 4.98 Å². The van der Waals surface area contributed by atoms with Gasteiger partial charge >= 0.3 is 0 Å². The fourth-order valence-electron chi connectivity index (χ4n) is 2.03. The third-order valence-electron chi connectivity index (χ3n) is 3.13. The van der Waals surface area contributed by atoms with E-state index in [9.17, 15) is 9.18 Å². The second kappa shape index (κ2) is 6.89. The first kappa shape index (κ1) is 15.6. The zero-order valence-electron chi connectivity index (χ0n) is 11.9. The number of benzene rings is 2. The van der Waals surface area contributed by atoms with Gasteiger partial charge in [0, 0.05) is 16.0 Å². The van der Waals surface area contributed by atoms with Gasteiger partial charge in [-0.1, -0.05) is 35.9 Å². The van der Waals surface area contributed by atoms with Crippen molar-refractivity contribution in [3.63, 3.8) is 0 Å². The van der Waals surface area contributed by atoms with Crippen molar-refractivity contribution in [3.8, 4) is 10.6 Å². The van der Waals surface area contributed by atoms with E-state index in [0.29, 0.717) is 10.7 Å². The van der Waals surface area contributed by atoms with Gasteiger partial charge in [-0.3, -0.25) is 4.79 Å². The molecule has 2 aromatic carbocycles. The van der Waals surface area contributed by atoms with Gasteiger partial charge in [-0.05, 0) is 24.3 Å². The molecule has 1 heterocycles. The number of hydrogen-bond donors (Lipinski definition) is 1. The summed E-state index contributed by atoms with van der Waals surface area (Å²) in [6.45, 7) is 0. The SMILES string of the molecule is O=C(Cc1csc(-c2ccc(Cl)cc2)n1)Nc1ccccc1F. The molecule has 3 aromatic rings. The van der Waals surface area contributed by atoms with Crippen molar-refractivity contribution < 1.29 is 9.18 Å². The van der Waals surface area contributed by atoms with E-state index in [1.807, 2.05) is 17.5 Å². The fourth-order valence-corrected chi connectivity index (χ4v) is 2.99. The predicted octanol–water partition coefficient (Wildman–Crippen LogP) is 4.78. The molecule has 116 valence electrons. The van der Waals surface area contributed by atoms with Crippen LogP contribution in [0.2, 0.25) is 5.02 Å². The van der Waals surface area contributed by atoms with E-state index < -0.39 is 5.82 Å². The number of rotatable bonds is 4. The van der Waals surface area contributed by atoms with Crippen LogP contribution in [-0.2, 0) is 11.2 Å². The monoisotopic (exact) mass is 346 g/mol. The summed E-state index contributed by atoms with van der Waals surface area (Å²) in [4.78, 5) is 16.4. The molecule has 3 nitrogen and oxygen atoms in total. The van der Waals surface area contributed by atoms with Gasteiger partial charge in [-0.15, -0.1) is 11.3 Å². The number of para-hydroxylation sites is 1. The Labute approximate surface area is 141 Å². The average molecular weight is 347 g/mol. The summed E-state index contributed by atoms with van der Waals surface area (Å²) in [7, 11) is 0. The Balaban J connectivity index is 1.68. The van der Waals surface area contributed by atoms with Crippen LogP contribution in [0.1, 0.15) is 5.69 Å². The summed E-state index contributed by atoms with van der Waals surface area (Å²) in [5.41, 5.74) is 1.76. The van der Waals surface area contributed by atoms with Crippen LogP contribution in [0.3, 0.4) is 0 Å². The van der Waals surface area contributed by atoms with Crippen molar-refractivity contribution in [2.75, 3.05) is 5.32 Å². The van der Waals surface area contributed by atoms with Gasteiger partial charge in [-0.2, -0.15) is 0 Å². The molecule has 3 rings (SSSR count). The molecule has 0 atom stereocenters. The molecule has 0 fully saturated rings. The number of amides is 1. The normalized spacial score (nSPS) is 10.5. The molecule has 1 N–H and O–H groups in total. The van der Waals surface area contributed by atoms with Crippen molar-refractivity contribution in [3.05, 3.63) is 70.4 Å². The lowest BCUT2D eigenvalue weighted by molar-refractivity contribution is -0.115. The standard InChI is InChI=1S/C17H12ClFN2OS/c18-12-7-5-11(6-8-12)17-20-13(10-23-17)9-16(22)21-15-4-2-1-3-14(15)19/h1-8,10H,9H2,(H,21,22). The van der Waals surface area contributed by atoms with Crippen molar-refractivity contribution in [1.29, 1.82) is 0 Å². The number of halogens is 2. The molecule has 0 aliphatic rings. The lowest BCUT2D eigenvalue weighted by Crippen LogP contribution is -2.15. The van der Waals surface area contributed by atoms with Gasteiger partial charge in [-0.25, -0.2) is 9.37 Å². The van der Waals surface area contributed by atoms with Crippen LogP contribution in [0.4, 0.5) is 10.1 Å². The number of anilines is 1. The molecule has 0 unspecified atom stereocenters. The van der Waals surface area contributed by atoms with Crippen LogP contribution >= 0.6 is 22.9 Å². The lowest BCUT2D eigenvalue weighted by Gasteiger charge is -2.04. The average Bonchev–Trinajstić information content (AvgIpc) is 2.98. The minimum atomic E-state index is -0.457. The first-order chi connectivity index (χ1) is 11.1. The molecule has 1 amide bonds. The number of thiazole rings is 1. The third-order valence-corrected chi connectivity index (χ3v) is 4.32. The van der Waals surface area contributed by atoms with E-state index in [0.717, 1.165) is 10.6 Å². The number of hydrogen-bond acceptors (Lipinski definition) is 3. The van der Waals surface area contributed by atoms with Crippen molar-refractivity contribution in [2.45, 2.75) is 6.42 Å². The maximum Gasteiger partial charge on any atom is 0.230 e. The number of carbonyl (C=O) groups is 1. The second-order valence-corrected chi connectivity index (χ2v) is 6.15. The molecule has 0 saturated heterocycles. The second-order valence-electron chi connectivity index (χ2n) is 4.86. The zero-order chi connectivity index (χ0) is 16.2. The number of carbonyl (C=O) groups excluding carboxylic acids is 1. The Morgan fingerprint density at radius 3 is 2.65 bits per heavy atom. The molecule has 0 bridgehead atoms. The van der Waals surface area contributed by atoms with Crippen LogP contribution in [0.5, 0.6) is 0 Å². The molecular formula is C17H12ClFN2OS. The Kier molecular flexibility index (Phi) is 4.69. The van der Waals surface area contributed by atoms with Crippen LogP contribution in [0.15, 0.2) is 53.9 Å². The summed E-state index contributed by atoms with van der Waals surface area (Å²) in [5, 5.41) is 5.85. The zero-order valence-corrected chi connectivity index (χ0v) is 13.5. The highest BCUT2D eigenvalue weighted by Gasteiger charge is 2.11. The van der Waals surface area contributed by atoms with Gasteiger partial charge in [0.2, 0.25) is 5.91 Å². The van der Waals surface area contributed by atoms with E-state index in [4.69, 9.17) is 11.6 Å². The molecule has 0 aliphatic heterocycles. The fraction of sp³-hybridized carbons (Fsp3) is 0.0588. The molecule has 0 spiro atoms. The van der Waals surface area contributed by atoms with Crippen LogP contribution < -0.4 is 5.32 Å². The highest BCUT2D eigenvalue weighted by molar-refractivity contribution is 7.13. The maximum atomic E-state index is 13.5. The lowest BCUT2D eigenvalue weighted by atomic mass is 10.2. The largest absolute Gasteiger partial charge is 0.323 e. The predicted molar refractivity (Wildman–Crippen MR) is 91.3 cm³/mol. The van der Waals surface area contributed by atoms with E-state index in [-0.39, 0.29) is 18.0 Å². The summed E-state index contributed by atoms with van der Waals surface area (Å²) in [5.74, 6) is -0.760. The van der Waals surface area contributed by atoms with Gasteiger partial charge in [0.05, 0.1) is 17.8 Å². The molecular weight excluding hydrogens is 335 g/mol. The third kappa shape index (κ3) is 3.94. The van der Waals surface area contributed by atoms with Crippen molar-refractivity contribution in [2.24, 2.45) is 0 Å². The van der Waals surface area contributed by atoms with E-state index in [1.54, 1.807) is 24.3 Å². The highest BCUT2D eigenvalue weighted by atomic mass is 35.5. The Hall–Kier alpha value is -2.24. The summed E-state index contributed by atoms with van der Waals surface area (Å²) < 4.78 is 13.5. The first-order valence-electron chi connectivity index (χ1n) is 6.86. The Morgan fingerprint density at radius 2 is 1.91 bits per heavy atom. The van der Waals surface area contributed by atoms with Gasteiger partial charge in [0.1, 0.15) is 10.8 Å². The van der Waals surface area contributed by atoms with E-state index in [2.05, 4.69) is 10.3 Å². The summed E-state index contributed by atoms with van der Waals surface area (Å²) >= 11 is 7.31. The highest BCUT2D eigenvalue weighted by Crippen LogP contribution is 2.25. The van der Waals surface area contributed by atoms with Crippen LogP contribution in [-0.4, -0.2) is 10.9 Å².